The predicted molar refractivity (Wildman–Crippen MR) is 78.6 cm³/mol. The van der Waals surface area contributed by atoms with E-state index in [1.54, 1.807) is 49.4 Å². The molecule has 0 radical (unpaired) electrons. The molecule has 1 aliphatic rings. The number of benzene rings is 2. The molecular formula is C15H12BNO4. The lowest BCUT2D eigenvalue weighted by molar-refractivity contribution is 0.0926. The van der Waals surface area contributed by atoms with Crippen molar-refractivity contribution in [2.45, 2.75) is 6.92 Å². The molecule has 1 heterocycles. The number of carbonyl (C=O) groups excluding carboxylic acids is 2. The Morgan fingerprint density at radius 1 is 0.905 bits per heavy atom. The van der Waals surface area contributed by atoms with Gasteiger partial charge in [-0.2, -0.15) is 0 Å². The van der Waals surface area contributed by atoms with Crippen LogP contribution in [0.4, 0.5) is 5.69 Å². The fourth-order valence-electron chi connectivity index (χ4n) is 2.57. The van der Waals surface area contributed by atoms with Crippen molar-refractivity contribution in [1.82, 2.24) is 0 Å². The first-order chi connectivity index (χ1) is 10.0. The van der Waals surface area contributed by atoms with Gasteiger partial charge in [0.15, 0.2) is 0 Å². The van der Waals surface area contributed by atoms with Crippen molar-refractivity contribution in [3.05, 3.63) is 59.2 Å². The van der Waals surface area contributed by atoms with Crippen molar-refractivity contribution in [3.8, 4) is 0 Å². The molecule has 0 fully saturated rings. The zero-order chi connectivity index (χ0) is 15.1. The first-order valence-corrected chi connectivity index (χ1v) is 6.46. The fourth-order valence-corrected chi connectivity index (χ4v) is 2.57. The van der Waals surface area contributed by atoms with Crippen LogP contribution in [0.25, 0.3) is 0 Å². The molecule has 3 rings (SSSR count). The number of rotatable bonds is 2. The SMILES string of the molecule is Cc1c(B(O)O)cccc1N1C(=O)c2ccccc2C1=O. The van der Waals surface area contributed by atoms with E-state index in [-0.39, 0.29) is 5.46 Å². The summed E-state index contributed by atoms with van der Waals surface area (Å²) in [5, 5.41) is 18.7. The molecule has 0 unspecified atom stereocenters. The maximum Gasteiger partial charge on any atom is 0.488 e. The van der Waals surface area contributed by atoms with Gasteiger partial charge < -0.3 is 10.0 Å². The Balaban J connectivity index is 2.14. The minimum atomic E-state index is -1.65. The molecule has 0 aromatic heterocycles. The zero-order valence-corrected chi connectivity index (χ0v) is 11.3. The fraction of sp³-hybridized carbons (Fsp3) is 0.0667. The molecule has 0 saturated heterocycles. The molecule has 0 atom stereocenters. The highest BCUT2D eigenvalue weighted by Gasteiger charge is 2.37. The summed E-state index contributed by atoms with van der Waals surface area (Å²) in [4.78, 5) is 25.9. The van der Waals surface area contributed by atoms with Gasteiger partial charge >= 0.3 is 7.12 Å². The standard InChI is InChI=1S/C15H12BNO4/c1-9-12(16(20)21)7-4-8-13(9)17-14(18)10-5-2-3-6-11(10)15(17)19/h2-8,20-21H,1H3. The van der Waals surface area contributed by atoms with Crippen LogP contribution in [0.3, 0.4) is 0 Å². The summed E-state index contributed by atoms with van der Waals surface area (Å²) in [5.74, 6) is -0.799. The summed E-state index contributed by atoms with van der Waals surface area (Å²) in [5.41, 5.74) is 1.84. The third-order valence-corrected chi connectivity index (χ3v) is 3.66. The monoisotopic (exact) mass is 281 g/mol. The number of fused-ring (bicyclic) bond motifs is 1. The quantitative estimate of drug-likeness (QED) is 0.620. The van der Waals surface area contributed by atoms with Crippen LogP contribution in [0.2, 0.25) is 0 Å². The molecule has 0 bridgehead atoms. The predicted octanol–water partition coefficient (Wildman–Crippen LogP) is 0.475. The van der Waals surface area contributed by atoms with Crippen LogP contribution in [0.1, 0.15) is 26.3 Å². The van der Waals surface area contributed by atoms with Crippen LogP contribution in [0, 0.1) is 6.92 Å². The molecule has 5 nitrogen and oxygen atoms in total. The lowest BCUT2D eigenvalue weighted by Gasteiger charge is -2.18. The topological polar surface area (TPSA) is 77.8 Å². The van der Waals surface area contributed by atoms with Gasteiger partial charge in [-0.1, -0.05) is 24.3 Å². The van der Waals surface area contributed by atoms with Crippen molar-refractivity contribution in [2.24, 2.45) is 0 Å². The van der Waals surface area contributed by atoms with E-state index in [4.69, 9.17) is 0 Å². The van der Waals surface area contributed by atoms with Crippen molar-refractivity contribution < 1.29 is 19.6 Å². The van der Waals surface area contributed by atoms with Gasteiger partial charge in [0.2, 0.25) is 0 Å². The van der Waals surface area contributed by atoms with Crippen LogP contribution in [0.5, 0.6) is 0 Å². The van der Waals surface area contributed by atoms with E-state index < -0.39 is 18.9 Å². The first kappa shape index (κ1) is 13.5. The molecule has 2 amide bonds. The molecule has 2 aromatic carbocycles. The van der Waals surface area contributed by atoms with Gasteiger partial charge in [0.25, 0.3) is 11.8 Å². The van der Waals surface area contributed by atoms with Crippen molar-refractivity contribution in [1.29, 1.82) is 0 Å². The number of hydrogen-bond donors (Lipinski definition) is 2. The number of carbonyl (C=O) groups is 2. The summed E-state index contributed by atoms with van der Waals surface area (Å²) in [7, 11) is -1.65. The second-order valence-corrected chi connectivity index (χ2v) is 4.86. The van der Waals surface area contributed by atoms with Crippen LogP contribution < -0.4 is 10.4 Å². The highest BCUT2D eigenvalue weighted by molar-refractivity contribution is 6.59. The number of imide groups is 1. The van der Waals surface area contributed by atoms with Gasteiger partial charge in [-0.25, -0.2) is 4.90 Å². The van der Waals surface area contributed by atoms with Crippen molar-refractivity contribution >= 4 is 30.1 Å². The number of amides is 2. The number of hydrogen-bond acceptors (Lipinski definition) is 4. The van der Waals surface area contributed by atoms with E-state index in [1.165, 1.54) is 0 Å². The summed E-state index contributed by atoms with van der Waals surface area (Å²) >= 11 is 0. The van der Waals surface area contributed by atoms with Crippen molar-refractivity contribution in [2.75, 3.05) is 4.90 Å². The van der Waals surface area contributed by atoms with Gasteiger partial charge in [0, 0.05) is 0 Å². The summed E-state index contributed by atoms with van der Waals surface area (Å²) < 4.78 is 0. The molecule has 6 heteroatoms. The Hall–Kier alpha value is -2.44. The van der Waals surface area contributed by atoms with E-state index in [2.05, 4.69) is 0 Å². The van der Waals surface area contributed by atoms with Gasteiger partial charge in [0.1, 0.15) is 0 Å². The molecule has 1 aliphatic heterocycles. The van der Waals surface area contributed by atoms with Crippen LogP contribution in [0.15, 0.2) is 42.5 Å². The largest absolute Gasteiger partial charge is 0.488 e. The molecule has 2 N–H and O–H groups in total. The normalized spacial score (nSPS) is 13.6. The average molecular weight is 281 g/mol. The highest BCUT2D eigenvalue weighted by Crippen LogP contribution is 2.29. The lowest BCUT2D eigenvalue weighted by Crippen LogP contribution is -2.36. The van der Waals surface area contributed by atoms with Gasteiger partial charge in [-0.3, -0.25) is 9.59 Å². The minimum Gasteiger partial charge on any atom is -0.423 e. The molecule has 2 aromatic rings. The minimum absolute atomic E-state index is 0.268. The zero-order valence-electron chi connectivity index (χ0n) is 11.3. The Morgan fingerprint density at radius 3 is 2.00 bits per heavy atom. The Kier molecular flexibility index (Phi) is 3.12. The van der Waals surface area contributed by atoms with Gasteiger partial charge in [-0.15, -0.1) is 0 Å². The first-order valence-electron chi connectivity index (χ1n) is 6.46. The van der Waals surface area contributed by atoms with E-state index >= 15 is 0 Å². The Bertz CT molecular complexity index is 722. The third-order valence-electron chi connectivity index (χ3n) is 3.66. The maximum atomic E-state index is 12.4. The van der Waals surface area contributed by atoms with E-state index in [0.29, 0.717) is 22.4 Å². The second kappa shape index (κ2) is 4.84. The van der Waals surface area contributed by atoms with Crippen LogP contribution in [-0.4, -0.2) is 29.0 Å². The molecule has 0 aliphatic carbocycles. The molecule has 21 heavy (non-hydrogen) atoms. The lowest BCUT2D eigenvalue weighted by atomic mass is 9.77. The average Bonchev–Trinajstić information content (AvgIpc) is 2.72. The summed E-state index contributed by atoms with van der Waals surface area (Å²) in [6, 6.07) is 11.4. The summed E-state index contributed by atoms with van der Waals surface area (Å²) in [6.07, 6.45) is 0. The summed E-state index contributed by atoms with van der Waals surface area (Å²) in [6.45, 7) is 1.65. The van der Waals surface area contributed by atoms with Gasteiger partial charge in [0.05, 0.1) is 16.8 Å². The second-order valence-electron chi connectivity index (χ2n) is 4.86. The Morgan fingerprint density at radius 2 is 1.48 bits per heavy atom. The van der Waals surface area contributed by atoms with E-state index in [0.717, 1.165) is 4.90 Å². The smallest absolute Gasteiger partial charge is 0.423 e. The number of nitrogens with zero attached hydrogens (tertiary/aromatic N) is 1. The maximum absolute atomic E-state index is 12.4. The highest BCUT2D eigenvalue weighted by atomic mass is 16.4. The molecular weight excluding hydrogens is 269 g/mol. The van der Waals surface area contributed by atoms with Crippen LogP contribution >= 0.6 is 0 Å². The molecule has 104 valence electrons. The molecule has 0 saturated carbocycles. The third kappa shape index (κ3) is 1.96. The number of anilines is 1. The van der Waals surface area contributed by atoms with Gasteiger partial charge in [-0.05, 0) is 36.1 Å². The van der Waals surface area contributed by atoms with E-state index in [9.17, 15) is 19.6 Å². The Labute approximate surface area is 121 Å². The van der Waals surface area contributed by atoms with E-state index in [1.807, 2.05) is 0 Å². The van der Waals surface area contributed by atoms with Crippen LogP contribution in [-0.2, 0) is 0 Å². The van der Waals surface area contributed by atoms with Crippen molar-refractivity contribution in [3.63, 3.8) is 0 Å². The molecule has 0 spiro atoms.